The van der Waals surface area contributed by atoms with Crippen LogP contribution < -0.4 is 0 Å². The van der Waals surface area contributed by atoms with Crippen molar-refractivity contribution in [3.8, 4) is 6.07 Å². The van der Waals surface area contributed by atoms with Crippen molar-refractivity contribution in [1.29, 1.82) is 5.26 Å². The quantitative estimate of drug-likeness (QED) is 0.656. The van der Waals surface area contributed by atoms with Crippen LogP contribution in [0.1, 0.15) is 33.1 Å². The van der Waals surface area contributed by atoms with Gasteiger partial charge in [0.15, 0.2) is 0 Å². The lowest BCUT2D eigenvalue weighted by atomic mass is 9.68. The third-order valence-corrected chi connectivity index (χ3v) is 2.22. The summed E-state index contributed by atoms with van der Waals surface area (Å²) in [6, 6.07) is 2.17. The Labute approximate surface area is 67.8 Å². The molecule has 0 aliphatic heterocycles. The first-order chi connectivity index (χ1) is 5.06. The monoisotopic (exact) mass is 153 g/mol. The number of nitrogens with zero attached hydrogens (tertiary/aromatic N) is 1. The topological polar surface area (TPSA) is 44.0 Å². The molecule has 11 heavy (non-hydrogen) atoms. The zero-order chi connectivity index (χ0) is 8.48. The van der Waals surface area contributed by atoms with Gasteiger partial charge >= 0.3 is 0 Å². The second-order valence-corrected chi connectivity index (χ2v) is 4.06. The minimum Gasteiger partial charge on any atom is -0.390 e. The van der Waals surface area contributed by atoms with Crippen LogP contribution in [0.5, 0.6) is 0 Å². The van der Waals surface area contributed by atoms with Crippen molar-refractivity contribution >= 4 is 0 Å². The summed E-state index contributed by atoms with van der Waals surface area (Å²) in [6.07, 6.45) is 2.20. The molecule has 0 heterocycles. The number of nitriles is 1. The maximum atomic E-state index is 9.73. The van der Waals surface area contributed by atoms with E-state index in [2.05, 4.69) is 19.9 Å². The molecule has 1 N–H and O–H groups in total. The highest BCUT2D eigenvalue weighted by Crippen LogP contribution is 2.41. The van der Waals surface area contributed by atoms with Crippen LogP contribution >= 0.6 is 0 Å². The molecular weight excluding hydrogens is 138 g/mol. The van der Waals surface area contributed by atoms with Crippen molar-refractivity contribution in [2.75, 3.05) is 0 Å². The number of rotatable bonds is 2. The molecule has 0 radical (unpaired) electrons. The predicted octanol–water partition coefficient (Wildman–Crippen LogP) is 1.70. The Bertz CT molecular complexity index is 174. The van der Waals surface area contributed by atoms with E-state index in [1.165, 1.54) is 0 Å². The molecule has 1 fully saturated rings. The van der Waals surface area contributed by atoms with E-state index in [-0.39, 0.29) is 5.92 Å². The first-order valence-corrected chi connectivity index (χ1v) is 4.18. The molecule has 0 amide bonds. The molecule has 0 aromatic carbocycles. The molecule has 1 aliphatic rings. The van der Waals surface area contributed by atoms with Crippen molar-refractivity contribution in [2.24, 2.45) is 11.8 Å². The highest BCUT2D eigenvalue weighted by atomic mass is 16.3. The molecule has 2 heteroatoms. The summed E-state index contributed by atoms with van der Waals surface area (Å²) in [4.78, 5) is 0. The van der Waals surface area contributed by atoms with Gasteiger partial charge in [0.1, 0.15) is 0 Å². The number of aliphatic hydroxyl groups is 1. The molecule has 0 bridgehead atoms. The fourth-order valence-corrected chi connectivity index (χ4v) is 1.88. The van der Waals surface area contributed by atoms with Gasteiger partial charge in [-0.1, -0.05) is 13.8 Å². The van der Waals surface area contributed by atoms with Crippen LogP contribution in [0.2, 0.25) is 0 Å². The number of hydrogen-bond donors (Lipinski definition) is 1. The van der Waals surface area contributed by atoms with Gasteiger partial charge in [0.2, 0.25) is 0 Å². The smallest absolute Gasteiger partial charge is 0.0675 e. The van der Waals surface area contributed by atoms with Crippen molar-refractivity contribution in [2.45, 2.75) is 38.7 Å². The van der Waals surface area contributed by atoms with Crippen molar-refractivity contribution < 1.29 is 5.11 Å². The van der Waals surface area contributed by atoms with Crippen LogP contribution in [-0.4, -0.2) is 10.7 Å². The Kier molecular flexibility index (Phi) is 2.20. The lowest BCUT2D eigenvalue weighted by Gasteiger charge is -2.41. The molecule has 1 saturated carbocycles. The van der Waals surface area contributed by atoms with Crippen LogP contribution in [0, 0.1) is 23.2 Å². The van der Waals surface area contributed by atoms with Crippen molar-refractivity contribution in [3.05, 3.63) is 0 Å². The van der Waals surface area contributed by atoms with Crippen LogP contribution in [0.4, 0.5) is 0 Å². The lowest BCUT2D eigenvalue weighted by molar-refractivity contribution is -0.0713. The fraction of sp³-hybridized carbons (Fsp3) is 0.889. The summed E-state index contributed by atoms with van der Waals surface area (Å²) in [7, 11) is 0. The van der Waals surface area contributed by atoms with Crippen LogP contribution in [0.15, 0.2) is 0 Å². The largest absolute Gasteiger partial charge is 0.390 e. The number of hydrogen-bond acceptors (Lipinski definition) is 2. The van der Waals surface area contributed by atoms with Crippen molar-refractivity contribution in [3.63, 3.8) is 0 Å². The standard InChI is InChI=1S/C9H15NO/c1-7(2)3-9(11)4-8(5-9)6-10/h7-8,11H,3-5H2,1-2H3/t8-,9-. The maximum absolute atomic E-state index is 9.73. The zero-order valence-electron chi connectivity index (χ0n) is 7.17. The SMILES string of the molecule is CC(C)C[C@]1(O)C[C@H](C#N)C1. The molecule has 0 spiro atoms. The fourth-order valence-electron chi connectivity index (χ4n) is 1.88. The van der Waals surface area contributed by atoms with Crippen LogP contribution in [0.25, 0.3) is 0 Å². The average molecular weight is 153 g/mol. The summed E-state index contributed by atoms with van der Waals surface area (Å²) in [5.41, 5.74) is -0.505. The van der Waals surface area contributed by atoms with Gasteiger partial charge in [0.25, 0.3) is 0 Å². The Balaban J connectivity index is 2.32. The minimum atomic E-state index is -0.505. The van der Waals surface area contributed by atoms with Gasteiger partial charge in [-0.05, 0) is 25.2 Å². The molecule has 2 nitrogen and oxygen atoms in total. The molecule has 1 aliphatic carbocycles. The predicted molar refractivity (Wildman–Crippen MR) is 42.7 cm³/mol. The highest BCUT2D eigenvalue weighted by Gasteiger charge is 2.42. The molecule has 0 atom stereocenters. The summed E-state index contributed by atoms with van der Waals surface area (Å²) in [6.45, 7) is 4.19. The average Bonchev–Trinajstić information content (AvgIpc) is 1.80. The van der Waals surface area contributed by atoms with Crippen molar-refractivity contribution in [1.82, 2.24) is 0 Å². The van der Waals surface area contributed by atoms with E-state index in [1.807, 2.05) is 0 Å². The normalized spacial score (nSPS) is 36.5. The summed E-state index contributed by atoms with van der Waals surface area (Å²) in [5, 5.41) is 18.2. The zero-order valence-corrected chi connectivity index (χ0v) is 7.17. The van der Waals surface area contributed by atoms with E-state index in [4.69, 9.17) is 5.26 Å². The van der Waals surface area contributed by atoms with Gasteiger partial charge in [0.05, 0.1) is 17.6 Å². The van der Waals surface area contributed by atoms with Gasteiger partial charge < -0.3 is 5.11 Å². The lowest BCUT2D eigenvalue weighted by Crippen LogP contribution is -2.44. The molecule has 0 aromatic rings. The first-order valence-electron chi connectivity index (χ1n) is 4.18. The Hall–Kier alpha value is -0.550. The summed E-state index contributed by atoms with van der Waals surface area (Å²) >= 11 is 0. The maximum Gasteiger partial charge on any atom is 0.0675 e. The van der Waals surface area contributed by atoms with Gasteiger partial charge in [-0.15, -0.1) is 0 Å². The second kappa shape index (κ2) is 2.83. The van der Waals surface area contributed by atoms with E-state index in [9.17, 15) is 5.11 Å². The third kappa shape index (κ3) is 1.94. The van der Waals surface area contributed by atoms with E-state index < -0.39 is 5.60 Å². The van der Waals surface area contributed by atoms with Gasteiger partial charge in [-0.3, -0.25) is 0 Å². The van der Waals surface area contributed by atoms with E-state index in [0.29, 0.717) is 18.8 Å². The van der Waals surface area contributed by atoms with E-state index in [1.54, 1.807) is 0 Å². The van der Waals surface area contributed by atoms with E-state index in [0.717, 1.165) is 6.42 Å². The molecule has 0 unspecified atom stereocenters. The third-order valence-electron chi connectivity index (χ3n) is 2.22. The molecule has 0 aromatic heterocycles. The highest BCUT2D eigenvalue weighted by molar-refractivity contribution is 5.03. The van der Waals surface area contributed by atoms with E-state index >= 15 is 0 Å². The van der Waals surface area contributed by atoms with Crippen LogP contribution in [0.3, 0.4) is 0 Å². The minimum absolute atomic E-state index is 0.110. The molecule has 62 valence electrons. The van der Waals surface area contributed by atoms with Gasteiger partial charge in [0, 0.05) is 0 Å². The Morgan fingerprint density at radius 1 is 1.64 bits per heavy atom. The van der Waals surface area contributed by atoms with Gasteiger partial charge in [-0.2, -0.15) is 5.26 Å². The van der Waals surface area contributed by atoms with Crippen LogP contribution in [-0.2, 0) is 0 Å². The summed E-state index contributed by atoms with van der Waals surface area (Å²) in [5.74, 6) is 0.637. The molecular formula is C9H15NO. The molecule has 1 rings (SSSR count). The summed E-state index contributed by atoms with van der Waals surface area (Å²) < 4.78 is 0. The molecule has 0 saturated heterocycles. The Morgan fingerprint density at radius 2 is 2.18 bits per heavy atom. The second-order valence-electron chi connectivity index (χ2n) is 4.06. The first kappa shape index (κ1) is 8.55. The van der Waals surface area contributed by atoms with Gasteiger partial charge in [-0.25, -0.2) is 0 Å². The Morgan fingerprint density at radius 3 is 2.55 bits per heavy atom.